The van der Waals surface area contributed by atoms with Crippen molar-refractivity contribution in [2.45, 2.75) is 18.8 Å². The van der Waals surface area contributed by atoms with Crippen molar-refractivity contribution in [3.05, 3.63) is 89.5 Å². The number of ether oxygens (including phenoxy) is 3. The van der Waals surface area contributed by atoms with Gasteiger partial charge in [-0.25, -0.2) is 4.79 Å². The number of barbiturate groups is 1. The van der Waals surface area contributed by atoms with E-state index in [4.69, 9.17) is 14.2 Å². The Bertz CT molecular complexity index is 1430. The van der Waals surface area contributed by atoms with Crippen molar-refractivity contribution in [1.82, 2.24) is 9.80 Å². The van der Waals surface area contributed by atoms with Gasteiger partial charge in [-0.05, 0) is 36.2 Å². The number of rotatable bonds is 7. The van der Waals surface area contributed by atoms with Crippen LogP contribution in [0, 0.1) is 0 Å². The van der Waals surface area contributed by atoms with Gasteiger partial charge in [0.1, 0.15) is 0 Å². The fraction of sp³-hybridized carbons (Fsp3) is 0.207. The lowest BCUT2D eigenvalue weighted by molar-refractivity contribution is -0.148. The molecule has 1 unspecified atom stereocenters. The lowest BCUT2D eigenvalue weighted by Crippen LogP contribution is -2.69. The van der Waals surface area contributed by atoms with Gasteiger partial charge in [-0.1, -0.05) is 55.5 Å². The molecule has 1 saturated heterocycles. The number of methoxy groups -OCH3 is 3. The molecule has 3 aromatic rings. The molecule has 0 aliphatic carbocycles. The zero-order valence-electron chi connectivity index (χ0n) is 21.8. The second kappa shape index (κ2) is 10.8. The van der Waals surface area contributed by atoms with Crippen LogP contribution >= 0.6 is 0 Å². The van der Waals surface area contributed by atoms with Gasteiger partial charge in [0, 0.05) is 11.1 Å². The summed E-state index contributed by atoms with van der Waals surface area (Å²) in [6, 6.07) is 16.9. The Hall–Kier alpha value is -4.99. The Morgan fingerprint density at radius 3 is 1.59 bits per heavy atom. The van der Waals surface area contributed by atoms with E-state index in [1.165, 1.54) is 45.6 Å². The van der Waals surface area contributed by atoms with E-state index < -0.39 is 35.1 Å². The van der Waals surface area contributed by atoms with Crippen LogP contribution in [0.15, 0.2) is 72.8 Å². The third-order valence-electron chi connectivity index (χ3n) is 6.65. The molecule has 1 heterocycles. The van der Waals surface area contributed by atoms with Crippen LogP contribution in [-0.4, -0.2) is 60.8 Å². The summed E-state index contributed by atoms with van der Waals surface area (Å²) in [5.74, 6) is -3.73. The maximum Gasteiger partial charge on any atom is 0.347 e. The maximum atomic E-state index is 14.1. The molecule has 0 radical (unpaired) electrons. The molecule has 1 aliphatic rings. The standard InChI is InChI=1S/C29H26N2O8/c1-5-29(20-14-10-7-11-15-20)26(34)30(24(32)18-12-8-6-9-13-18)28(36)31(27(29)35)25(33)19-16-21(37-2)23(39-4)22(17-19)38-3/h6-17H,5H2,1-4H3. The molecule has 1 aliphatic heterocycles. The molecule has 4 rings (SSSR count). The fourth-order valence-corrected chi connectivity index (χ4v) is 4.62. The smallest absolute Gasteiger partial charge is 0.347 e. The van der Waals surface area contributed by atoms with E-state index in [0.29, 0.717) is 9.80 Å². The Balaban J connectivity index is 1.93. The van der Waals surface area contributed by atoms with Crippen molar-refractivity contribution in [2.24, 2.45) is 0 Å². The molecule has 0 spiro atoms. The van der Waals surface area contributed by atoms with Crippen LogP contribution in [-0.2, 0) is 15.0 Å². The van der Waals surface area contributed by atoms with E-state index in [-0.39, 0.29) is 40.4 Å². The second-order valence-electron chi connectivity index (χ2n) is 8.58. The number of benzene rings is 3. The predicted molar refractivity (Wildman–Crippen MR) is 139 cm³/mol. The Labute approximate surface area is 224 Å². The van der Waals surface area contributed by atoms with E-state index in [2.05, 4.69) is 0 Å². The molecular weight excluding hydrogens is 504 g/mol. The molecule has 1 atom stereocenters. The summed E-state index contributed by atoms with van der Waals surface area (Å²) in [5.41, 5.74) is -1.91. The summed E-state index contributed by atoms with van der Waals surface area (Å²) in [5, 5.41) is 0. The maximum absolute atomic E-state index is 14.1. The molecule has 0 saturated carbocycles. The van der Waals surface area contributed by atoms with E-state index >= 15 is 0 Å². The van der Waals surface area contributed by atoms with Crippen molar-refractivity contribution in [2.75, 3.05) is 21.3 Å². The summed E-state index contributed by atoms with van der Waals surface area (Å²) < 4.78 is 15.9. The van der Waals surface area contributed by atoms with Crippen molar-refractivity contribution in [1.29, 1.82) is 0 Å². The second-order valence-corrected chi connectivity index (χ2v) is 8.58. The van der Waals surface area contributed by atoms with Crippen molar-refractivity contribution >= 4 is 29.7 Å². The van der Waals surface area contributed by atoms with Gasteiger partial charge in [0.15, 0.2) is 16.9 Å². The summed E-state index contributed by atoms with van der Waals surface area (Å²) in [4.78, 5) is 69.9. The zero-order valence-corrected chi connectivity index (χ0v) is 21.8. The van der Waals surface area contributed by atoms with Crippen LogP contribution in [0.1, 0.15) is 39.6 Å². The first-order chi connectivity index (χ1) is 18.8. The summed E-state index contributed by atoms with van der Waals surface area (Å²) in [7, 11) is 4.08. The molecule has 39 heavy (non-hydrogen) atoms. The quantitative estimate of drug-likeness (QED) is 0.334. The van der Waals surface area contributed by atoms with E-state index in [9.17, 15) is 24.0 Å². The normalized spacial score (nSPS) is 17.2. The average Bonchev–Trinajstić information content (AvgIpc) is 2.97. The SMILES string of the molecule is CCC1(c2ccccc2)C(=O)N(C(=O)c2ccccc2)C(=O)N(C(=O)c2cc(OC)c(OC)c(OC)c2)C1=O. The highest BCUT2D eigenvalue weighted by molar-refractivity contribution is 6.35. The third kappa shape index (κ3) is 4.29. The number of carbonyl (C=O) groups is 5. The van der Waals surface area contributed by atoms with Crippen LogP contribution in [0.25, 0.3) is 0 Å². The summed E-state index contributed by atoms with van der Waals surface area (Å²) in [6.07, 6.45) is -0.125. The van der Waals surface area contributed by atoms with Gasteiger partial charge < -0.3 is 14.2 Å². The third-order valence-corrected chi connectivity index (χ3v) is 6.65. The van der Waals surface area contributed by atoms with Gasteiger partial charge in [-0.15, -0.1) is 0 Å². The molecule has 3 aromatic carbocycles. The van der Waals surface area contributed by atoms with Crippen LogP contribution in [0.2, 0.25) is 0 Å². The molecule has 0 N–H and O–H groups in total. The number of hydrogen-bond acceptors (Lipinski definition) is 8. The van der Waals surface area contributed by atoms with Gasteiger partial charge in [0.25, 0.3) is 23.6 Å². The number of amides is 6. The first-order valence-electron chi connectivity index (χ1n) is 12.0. The van der Waals surface area contributed by atoms with Crippen molar-refractivity contribution in [3.8, 4) is 17.2 Å². The van der Waals surface area contributed by atoms with Crippen LogP contribution in [0.4, 0.5) is 4.79 Å². The van der Waals surface area contributed by atoms with Gasteiger partial charge in [-0.3, -0.25) is 19.2 Å². The van der Waals surface area contributed by atoms with E-state index in [1.54, 1.807) is 55.5 Å². The minimum Gasteiger partial charge on any atom is -0.493 e. The zero-order chi connectivity index (χ0) is 28.3. The minimum atomic E-state index is -2.02. The van der Waals surface area contributed by atoms with Crippen LogP contribution < -0.4 is 14.2 Å². The van der Waals surface area contributed by atoms with Gasteiger partial charge in [-0.2, -0.15) is 9.80 Å². The monoisotopic (exact) mass is 530 g/mol. The summed E-state index contributed by atoms with van der Waals surface area (Å²) >= 11 is 0. The van der Waals surface area contributed by atoms with Crippen LogP contribution in [0.5, 0.6) is 17.2 Å². The number of nitrogens with zero attached hydrogens (tertiary/aromatic N) is 2. The predicted octanol–water partition coefficient (Wildman–Crippen LogP) is 3.83. The lowest BCUT2D eigenvalue weighted by Gasteiger charge is -2.42. The Morgan fingerprint density at radius 2 is 1.15 bits per heavy atom. The summed E-state index contributed by atoms with van der Waals surface area (Å²) in [6.45, 7) is 1.58. The number of urea groups is 1. The molecule has 1 fully saturated rings. The average molecular weight is 531 g/mol. The highest BCUT2D eigenvalue weighted by Crippen LogP contribution is 2.41. The van der Waals surface area contributed by atoms with Gasteiger partial charge in [0.05, 0.1) is 21.3 Å². The fourth-order valence-electron chi connectivity index (χ4n) is 4.62. The Kier molecular flexibility index (Phi) is 7.48. The van der Waals surface area contributed by atoms with Gasteiger partial charge in [0.2, 0.25) is 5.75 Å². The lowest BCUT2D eigenvalue weighted by atomic mass is 9.74. The molecule has 10 heteroatoms. The Morgan fingerprint density at radius 1 is 0.692 bits per heavy atom. The van der Waals surface area contributed by atoms with E-state index in [0.717, 1.165) is 0 Å². The number of imide groups is 6. The largest absolute Gasteiger partial charge is 0.493 e. The van der Waals surface area contributed by atoms with Gasteiger partial charge >= 0.3 is 6.03 Å². The number of hydrogen-bond donors (Lipinski definition) is 0. The minimum absolute atomic E-state index is 0.0341. The van der Waals surface area contributed by atoms with E-state index in [1.807, 2.05) is 0 Å². The molecule has 200 valence electrons. The number of carbonyl (C=O) groups excluding carboxylic acids is 5. The highest BCUT2D eigenvalue weighted by Gasteiger charge is 2.60. The molecule has 6 amide bonds. The van der Waals surface area contributed by atoms with Crippen molar-refractivity contribution in [3.63, 3.8) is 0 Å². The molecular formula is C29H26N2O8. The van der Waals surface area contributed by atoms with Crippen LogP contribution in [0.3, 0.4) is 0 Å². The first-order valence-corrected chi connectivity index (χ1v) is 12.0. The molecule has 0 bridgehead atoms. The first kappa shape index (κ1) is 27.1. The van der Waals surface area contributed by atoms with Crippen molar-refractivity contribution < 1.29 is 38.2 Å². The highest BCUT2D eigenvalue weighted by atomic mass is 16.5. The molecule has 10 nitrogen and oxygen atoms in total. The topological polar surface area (TPSA) is 120 Å². The molecule has 0 aromatic heterocycles.